The summed E-state index contributed by atoms with van der Waals surface area (Å²) >= 11 is 0. The summed E-state index contributed by atoms with van der Waals surface area (Å²) in [5.74, 6) is 0.455. The van der Waals surface area contributed by atoms with Crippen molar-refractivity contribution in [2.24, 2.45) is 5.73 Å². The molecule has 0 radical (unpaired) electrons. The van der Waals surface area contributed by atoms with Crippen molar-refractivity contribution in [3.63, 3.8) is 0 Å². The Morgan fingerprint density at radius 1 is 1.12 bits per heavy atom. The molecule has 0 spiro atoms. The van der Waals surface area contributed by atoms with E-state index in [1.165, 1.54) is 11.1 Å². The van der Waals surface area contributed by atoms with Crippen LogP contribution in [-0.4, -0.2) is 24.5 Å². The first-order valence-corrected chi connectivity index (χ1v) is 6.03. The molecule has 90 valence electrons. The number of hydrogen-bond acceptors (Lipinski definition) is 2. The third-order valence-electron chi connectivity index (χ3n) is 3.22. The van der Waals surface area contributed by atoms with E-state index in [2.05, 4.69) is 57.0 Å². The van der Waals surface area contributed by atoms with Gasteiger partial charge in [0.15, 0.2) is 0 Å². The maximum Gasteiger partial charge on any atom is 0.0233 e. The molecule has 0 fully saturated rings. The average Bonchev–Trinajstić information content (AvgIpc) is 2.28. The van der Waals surface area contributed by atoms with Gasteiger partial charge >= 0.3 is 0 Å². The molecule has 2 nitrogen and oxygen atoms in total. The lowest BCUT2D eigenvalue weighted by Gasteiger charge is -2.21. The summed E-state index contributed by atoms with van der Waals surface area (Å²) < 4.78 is 0. The van der Waals surface area contributed by atoms with Gasteiger partial charge in [-0.25, -0.2) is 0 Å². The van der Waals surface area contributed by atoms with Crippen LogP contribution in [0, 0.1) is 0 Å². The number of hydrogen-bond donors (Lipinski definition) is 1. The molecular formula is C14H24N2. The quantitative estimate of drug-likeness (QED) is 0.826. The van der Waals surface area contributed by atoms with Crippen LogP contribution in [0.2, 0.25) is 0 Å². The number of rotatable bonds is 5. The summed E-state index contributed by atoms with van der Waals surface area (Å²) in [5.41, 5.74) is 8.35. The van der Waals surface area contributed by atoms with Gasteiger partial charge in [-0.05, 0) is 44.5 Å². The van der Waals surface area contributed by atoms with Crippen LogP contribution in [0.3, 0.4) is 0 Å². The largest absolute Gasteiger partial charge is 0.330 e. The lowest BCUT2D eigenvalue weighted by atomic mass is 10.00. The average molecular weight is 220 g/mol. The zero-order valence-corrected chi connectivity index (χ0v) is 10.9. The van der Waals surface area contributed by atoms with Crippen LogP contribution in [0.15, 0.2) is 24.3 Å². The first-order valence-electron chi connectivity index (χ1n) is 6.03. The van der Waals surface area contributed by atoms with Crippen molar-refractivity contribution in [1.82, 2.24) is 4.90 Å². The SMILES string of the molecule is CC(CN)c1ccc(CN(C)C(C)C)cc1. The molecule has 0 saturated heterocycles. The van der Waals surface area contributed by atoms with Crippen LogP contribution in [0.5, 0.6) is 0 Å². The highest BCUT2D eigenvalue weighted by molar-refractivity contribution is 5.25. The van der Waals surface area contributed by atoms with Crippen LogP contribution in [-0.2, 0) is 6.54 Å². The van der Waals surface area contributed by atoms with Crippen molar-refractivity contribution in [2.45, 2.75) is 39.3 Å². The van der Waals surface area contributed by atoms with E-state index in [1.807, 2.05) is 0 Å². The predicted molar refractivity (Wildman–Crippen MR) is 70.5 cm³/mol. The fraction of sp³-hybridized carbons (Fsp3) is 0.571. The molecule has 1 aromatic rings. The highest BCUT2D eigenvalue weighted by Crippen LogP contribution is 2.15. The molecule has 1 atom stereocenters. The standard InChI is InChI=1S/C14H24N2/c1-11(2)16(4)10-13-5-7-14(8-6-13)12(3)9-15/h5-8,11-12H,9-10,15H2,1-4H3. The van der Waals surface area contributed by atoms with Crippen LogP contribution in [0.25, 0.3) is 0 Å². The van der Waals surface area contributed by atoms with Crippen molar-refractivity contribution in [2.75, 3.05) is 13.6 Å². The Labute approximate surface area is 99.5 Å². The Hall–Kier alpha value is -0.860. The van der Waals surface area contributed by atoms with Crippen molar-refractivity contribution in [3.05, 3.63) is 35.4 Å². The minimum Gasteiger partial charge on any atom is -0.330 e. The van der Waals surface area contributed by atoms with Gasteiger partial charge in [-0.3, -0.25) is 4.90 Å². The van der Waals surface area contributed by atoms with Gasteiger partial charge < -0.3 is 5.73 Å². The predicted octanol–water partition coefficient (Wildman–Crippen LogP) is 2.59. The van der Waals surface area contributed by atoms with Gasteiger partial charge in [0, 0.05) is 12.6 Å². The van der Waals surface area contributed by atoms with E-state index in [0.717, 1.165) is 6.54 Å². The smallest absolute Gasteiger partial charge is 0.0233 e. The Morgan fingerprint density at radius 3 is 2.12 bits per heavy atom. The number of nitrogens with zero attached hydrogens (tertiary/aromatic N) is 1. The third-order valence-corrected chi connectivity index (χ3v) is 3.22. The first-order chi connectivity index (χ1) is 7.54. The molecular weight excluding hydrogens is 196 g/mol. The molecule has 2 heteroatoms. The van der Waals surface area contributed by atoms with Gasteiger partial charge in [0.1, 0.15) is 0 Å². The van der Waals surface area contributed by atoms with Crippen molar-refractivity contribution >= 4 is 0 Å². The molecule has 0 amide bonds. The third kappa shape index (κ3) is 3.62. The minimum atomic E-state index is 0.455. The van der Waals surface area contributed by atoms with Crippen LogP contribution < -0.4 is 5.73 Å². The van der Waals surface area contributed by atoms with E-state index in [4.69, 9.17) is 5.73 Å². The van der Waals surface area contributed by atoms with Gasteiger partial charge in [-0.15, -0.1) is 0 Å². The Bertz CT molecular complexity index is 303. The van der Waals surface area contributed by atoms with Crippen molar-refractivity contribution < 1.29 is 0 Å². The summed E-state index contributed by atoms with van der Waals surface area (Å²) in [4.78, 5) is 2.33. The summed E-state index contributed by atoms with van der Waals surface area (Å²) in [6.45, 7) is 8.31. The van der Waals surface area contributed by atoms with Crippen LogP contribution in [0.1, 0.15) is 37.8 Å². The Balaban J connectivity index is 2.64. The molecule has 0 bridgehead atoms. The van der Waals surface area contributed by atoms with E-state index < -0.39 is 0 Å². The second-order valence-electron chi connectivity index (χ2n) is 4.89. The Kier molecular flexibility index (Phi) is 4.97. The fourth-order valence-corrected chi connectivity index (χ4v) is 1.56. The van der Waals surface area contributed by atoms with Gasteiger partial charge in [0.05, 0.1) is 0 Å². The van der Waals surface area contributed by atoms with E-state index in [-0.39, 0.29) is 0 Å². The molecule has 1 rings (SSSR count). The molecule has 0 aliphatic rings. The number of benzene rings is 1. The minimum absolute atomic E-state index is 0.455. The van der Waals surface area contributed by atoms with Crippen molar-refractivity contribution in [1.29, 1.82) is 0 Å². The second kappa shape index (κ2) is 6.02. The van der Waals surface area contributed by atoms with Crippen molar-refractivity contribution in [3.8, 4) is 0 Å². The summed E-state index contributed by atoms with van der Waals surface area (Å²) in [6.07, 6.45) is 0. The summed E-state index contributed by atoms with van der Waals surface area (Å²) in [5, 5.41) is 0. The molecule has 0 aliphatic carbocycles. The zero-order valence-electron chi connectivity index (χ0n) is 10.9. The molecule has 0 saturated carbocycles. The summed E-state index contributed by atoms with van der Waals surface area (Å²) in [6, 6.07) is 9.39. The molecule has 16 heavy (non-hydrogen) atoms. The van der Waals surface area contributed by atoms with E-state index >= 15 is 0 Å². The van der Waals surface area contributed by atoms with Crippen LogP contribution in [0.4, 0.5) is 0 Å². The highest BCUT2D eigenvalue weighted by atomic mass is 15.1. The van der Waals surface area contributed by atoms with E-state index in [9.17, 15) is 0 Å². The summed E-state index contributed by atoms with van der Waals surface area (Å²) in [7, 11) is 2.15. The molecule has 0 aliphatic heterocycles. The second-order valence-corrected chi connectivity index (χ2v) is 4.89. The monoisotopic (exact) mass is 220 g/mol. The maximum absolute atomic E-state index is 5.65. The molecule has 2 N–H and O–H groups in total. The normalized spacial score (nSPS) is 13.4. The van der Waals surface area contributed by atoms with Gasteiger partial charge in [-0.1, -0.05) is 31.2 Å². The van der Waals surface area contributed by atoms with Gasteiger partial charge in [-0.2, -0.15) is 0 Å². The topological polar surface area (TPSA) is 29.3 Å². The van der Waals surface area contributed by atoms with E-state index in [0.29, 0.717) is 18.5 Å². The fourth-order valence-electron chi connectivity index (χ4n) is 1.56. The lowest BCUT2D eigenvalue weighted by Crippen LogP contribution is -2.25. The van der Waals surface area contributed by atoms with Gasteiger partial charge in [0.2, 0.25) is 0 Å². The molecule has 1 unspecified atom stereocenters. The van der Waals surface area contributed by atoms with Gasteiger partial charge in [0.25, 0.3) is 0 Å². The molecule has 0 aromatic heterocycles. The Morgan fingerprint density at radius 2 is 1.69 bits per heavy atom. The maximum atomic E-state index is 5.65. The highest BCUT2D eigenvalue weighted by Gasteiger charge is 2.06. The molecule has 0 heterocycles. The first kappa shape index (κ1) is 13.2. The van der Waals surface area contributed by atoms with Crippen LogP contribution >= 0.6 is 0 Å². The molecule has 1 aromatic carbocycles. The lowest BCUT2D eigenvalue weighted by molar-refractivity contribution is 0.266. The zero-order chi connectivity index (χ0) is 12.1. The van der Waals surface area contributed by atoms with E-state index in [1.54, 1.807) is 0 Å². The number of nitrogens with two attached hydrogens (primary N) is 1.